The lowest BCUT2D eigenvalue weighted by Gasteiger charge is -2.24. The Morgan fingerprint density at radius 1 is 1.47 bits per heavy atom. The number of carbonyl (C=O) groups is 2. The molecular weight excluding hydrogens is 198 g/mol. The van der Waals surface area contributed by atoms with Crippen molar-refractivity contribution in [2.75, 3.05) is 0 Å². The van der Waals surface area contributed by atoms with Gasteiger partial charge in [-0.25, -0.2) is 4.79 Å². The van der Waals surface area contributed by atoms with Gasteiger partial charge in [-0.1, -0.05) is 18.2 Å². The predicted octanol–water partition coefficient (Wildman–Crippen LogP) is 1.30. The Kier molecular flexibility index (Phi) is 2.29. The standard InChI is InChI=1S/C10H9NO4/c12-9(13)5-7-6-3-1-2-4-8(6)15-10(14)11-7/h1-4,7H,5H2,(H,11,14)(H,12,13). The van der Waals surface area contributed by atoms with E-state index in [4.69, 9.17) is 9.84 Å². The van der Waals surface area contributed by atoms with E-state index < -0.39 is 18.1 Å². The average Bonchev–Trinajstić information content (AvgIpc) is 2.16. The molecule has 1 heterocycles. The van der Waals surface area contributed by atoms with Gasteiger partial charge in [0.1, 0.15) is 5.75 Å². The number of carboxylic acids is 1. The van der Waals surface area contributed by atoms with Gasteiger partial charge in [-0.3, -0.25) is 4.79 Å². The van der Waals surface area contributed by atoms with Gasteiger partial charge in [-0.05, 0) is 6.07 Å². The van der Waals surface area contributed by atoms with E-state index in [1.807, 2.05) is 0 Å². The summed E-state index contributed by atoms with van der Waals surface area (Å²) in [5.74, 6) is -0.537. The monoisotopic (exact) mass is 207 g/mol. The number of hydrogen-bond donors (Lipinski definition) is 2. The Morgan fingerprint density at radius 3 is 2.93 bits per heavy atom. The summed E-state index contributed by atoms with van der Waals surface area (Å²) in [6.45, 7) is 0. The van der Waals surface area contributed by atoms with E-state index in [0.717, 1.165) is 0 Å². The third-order valence-electron chi connectivity index (χ3n) is 2.17. The average molecular weight is 207 g/mol. The number of rotatable bonds is 2. The number of aliphatic carboxylic acids is 1. The Balaban J connectivity index is 2.33. The lowest BCUT2D eigenvalue weighted by molar-refractivity contribution is -0.137. The molecule has 1 unspecified atom stereocenters. The molecule has 0 fully saturated rings. The van der Waals surface area contributed by atoms with E-state index >= 15 is 0 Å². The molecule has 2 N–H and O–H groups in total. The quantitative estimate of drug-likeness (QED) is 0.766. The van der Waals surface area contributed by atoms with Crippen molar-refractivity contribution >= 4 is 12.1 Å². The van der Waals surface area contributed by atoms with E-state index in [-0.39, 0.29) is 6.42 Å². The third-order valence-corrected chi connectivity index (χ3v) is 2.17. The van der Waals surface area contributed by atoms with Gasteiger partial charge in [-0.15, -0.1) is 0 Å². The second-order valence-corrected chi connectivity index (χ2v) is 3.22. The highest BCUT2D eigenvalue weighted by Gasteiger charge is 2.27. The molecule has 5 heteroatoms. The lowest BCUT2D eigenvalue weighted by atomic mass is 10.0. The summed E-state index contributed by atoms with van der Waals surface area (Å²) >= 11 is 0. The Labute approximate surface area is 85.7 Å². The molecule has 1 aromatic carbocycles. The topological polar surface area (TPSA) is 75.6 Å². The highest BCUT2D eigenvalue weighted by Crippen LogP contribution is 2.30. The molecule has 1 atom stereocenters. The maximum absolute atomic E-state index is 11.1. The van der Waals surface area contributed by atoms with Crippen LogP contribution in [0.15, 0.2) is 24.3 Å². The molecule has 0 aliphatic carbocycles. The van der Waals surface area contributed by atoms with E-state index in [1.54, 1.807) is 24.3 Å². The molecule has 1 aliphatic rings. The van der Waals surface area contributed by atoms with Crippen LogP contribution < -0.4 is 10.1 Å². The summed E-state index contributed by atoms with van der Waals surface area (Å²) in [5, 5.41) is 11.1. The van der Waals surface area contributed by atoms with Crippen LogP contribution in [0.25, 0.3) is 0 Å². The first kappa shape index (κ1) is 9.51. The van der Waals surface area contributed by atoms with Gasteiger partial charge >= 0.3 is 12.1 Å². The molecule has 2 rings (SSSR count). The van der Waals surface area contributed by atoms with Crippen molar-refractivity contribution in [1.82, 2.24) is 5.32 Å². The maximum atomic E-state index is 11.1. The fourth-order valence-electron chi connectivity index (χ4n) is 1.55. The van der Waals surface area contributed by atoms with Crippen molar-refractivity contribution in [1.29, 1.82) is 0 Å². The number of ether oxygens (including phenoxy) is 1. The number of carboxylic acid groups (broad SMARTS) is 1. The smallest absolute Gasteiger partial charge is 0.413 e. The molecule has 15 heavy (non-hydrogen) atoms. The minimum atomic E-state index is -0.961. The highest BCUT2D eigenvalue weighted by molar-refractivity contribution is 5.76. The maximum Gasteiger partial charge on any atom is 0.413 e. The van der Waals surface area contributed by atoms with Crippen LogP contribution in [-0.2, 0) is 4.79 Å². The molecule has 0 radical (unpaired) electrons. The van der Waals surface area contributed by atoms with Gasteiger partial charge in [0.05, 0.1) is 12.5 Å². The lowest BCUT2D eigenvalue weighted by Crippen LogP contribution is -2.36. The molecule has 1 aliphatic heterocycles. The fourth-order valence-corrected chi connectivity index (χ4v) is 1.55. The largest absolute Gasteiger partial charge is 0.481 e. The van der Waals surface area contributed by atoms with Gasteiger partial charge in [0.25, 0.3) is 0 Å². The minimum absolute atomic E-state index is 0.147. The summed E-state index contributed by atoms with van der Waals surface area (Å²) in [6.07, 6.45) is -0.758. The fraction of sp³-hybridized carbons (Fsp3) is 0.200. The molecule has 1 amide bonds. The summed E-state index contributed by atoms with van der Waals surface area (Å²) in [5.41, 5.74) is 0.694. The number of para-hydroxylation sites is 1. The predicted molar refractivity (Wildman–Crippen MR) is 50.6 cm³/mol. The van der Waals surface area contributed by atoms with Crippen LogP contribution in [0.1, 0.15) is 18.0 Å². The number of fused-ring (bicyclic) bond motifs is 1. The Bertz CT molecular complexity index is 416. The van der Waals surface area contributed by atoms with Crippen LogP contribution >= 0.6 is 0 Å². The molecular formula is C10H9NO4. The van der Waals surface area contributed by atoms with Crippen LogP contribution in [-0.4, -0.2) is 17.2 Å². The molecule has 0 bridgehead atoms. The van der Waals surface area contributed by atoms with Gasteiger partial charge in [0.15, 0.2) is 0 Å². The van der Waals surface area contributed by atoms with Gasteiger partial charge in [0.2, 0.25) is 0 Å². The third kappa shape index (κ3) is 1.90. The minimum Gasteiger partial charge on any atom is -0.481 e. The molecule has 5 nitrogen and oxygen atoms in total. The van der Waals surface area contributed by atoms with Gasteiger partial charge in [0, 0.05) is 5.56 Å². The van der Waals surface area contributed by atoms with Crippen molar-refractivity contribution in [3.05, 3.63) is 29.8 Å². The van der Waals surface area contributed by atoms with Crippen molar-refractivity contribution in [3.63, 3.8) is 0 Å². The number of carbonyl (C=O) groups excluding carboxylic acids is 1. The van der Waals surface area contributed by atoms with Crippen LogP contribution in [0.3, 0.4) is 0 Å². The second kappa shape index (κ2) is 3.61. The number of hydrogen-bond acceptors (Lipinski definition) is 3. The number of benzene rings is 1. The molecule has 0 aromatic heterocycles. The van der Waals surface area contributed by atoms with Crippen molar-refractivity contribution in [3.8, 4) is 5.75 Å². The number of nitrogens with one attached hydrogen (secondary N) is 1. The Morgan fingerprint density at radius 2 is 2.20 bits per heavy atom. The second-order valence-electron chi connectivity index (χ2n) is 3.22. The first-order valence-electron chi connectivity index (χ1n) is 4.46. The summed E-state index contributed by atoms with van der Waals surface area (Å²) < 4.78 is 4.90. The molecule has 0 saturated heterocycles. The zero-order chi connectivity index (χ0) is 10.8. The van der Waals surface area contributed by atoms with E-state index in [0.29, 0.717) is 11.3 Å². The van der Waals surface area contributed by atoms with E-state index in [9.17, 15) is 9.59 Å². The van der Waals surface area contributed by atoms with Crippen LogP contribution in [0.4, 0.5) is 4.79 Å². The van der Waals surface area contributed by atoms with Crippen LogP contribution in [0, 0.1) is 0 Å². The summed E-state index contributed by atoms with van der Waals surface area (Å²) in [4.78, 5) is 21.7. The van der Waals surface area contributed by atoms with Crippen LogP contribution in [0.2, 0.25) is 0 Å². The SMILES string of the molecule is O=C(O)CC1NC(=O)Oc2ccccc21. The normalized spacial score (nSPS) is 18.7. The van der Waals surface area contributed by atoms with Crippen molar-refractivity contribution in [2.45, 2.75) is 12.5 Å². The zero-order valence-corrected chi connectivity index (χ0v) is 7.77. The zero-order valence-electron chi connectivity index (χ0n) is 7.77. The van der Waals surface area contributed by atoms with Crippen molar-refractivity contribution < 1.29 is 19.4 Å². The molecule has 1 aromatic rings. The number of amides is 1. The first-order chi connectivity index (χ1) is 7.16. The van der Waals surface area contributed by atoms with Gasteiger partial charge < -0.3 is 15.2 Å². The molecule has 0 saturated carbocycles. The summed E-state index contributed by atoms with van der Waals surface area (Å²) in [7, 11) is 0. The van der Waals surface area contributed by atoms with Crippen molar-refractivity contribution in [2.24, 2.45) is 0 Å². The Hall–Kier alpha value is -2.04. The van der Waals surface area contributed by atoms with E-state index in [1.165, 1.54) is 0 Å². The molecule has 78 valence electrons. The van der Waals surface area contributed by atoms with Gasteiger partial charge in [-0.2, -0.15) is 0 Å². The van der Waals surface area contributed by atoms with Crippen LogP contribution in [0.5, 0.6) is 5.75 Å². The van der Waals surface area contributed by atoms with E-state index in [2.05, 4.69) is 5.32 Å². The first-order valence-corrected chi connectivity index (χ1v) is 4.46. The highest BCUT2D eigenvalue weighted by atomic mass is 16.6. The summed E-state index contributed by atoms with van der Waals surface area (Å²) in [6, 6.07) is 6.37. The molecule has 0 spiro atoms.